The minimum atomic E-state index is -1.54. The van der Waals surface area contributed by atoms with Crippen LogP contribution in [0.3, 0.4) is 0 Å². The highest BCUT2D eigenvalue weighted by atomic mass is 16.7. The molecule has 0 saturated carbocycles. The molecule has 6 unspecified atom stereocenters. The van der Waals surface area contributed by atoms with E-state index in [2.05, 4.69) is 62.5 Å². The predicted octanol–water partition coefficient (Wildman–Crippen LogP) is 14.0. The monoisotopic (exact) mass is 933 g/mol. The van der Waals surface area contributed by atoms with Crippen molar-refractivity contribution in [3.63, 3.8) is 0 Å². The smallest absolute Gasteiger partial charge is 0.306 e. The van der Waals surface area contributed by atoms with Crippen molar-refractivity contribution in [3.8, 4) is 0 Å². The molecule has 4 N–H and O–H groups in total. The summed E-state index contributed by atoms with van der Waals surface area (Å²) in [5.41, 5.74) is 0. The molecule has 1 rings (SSSR count). The van der Waals surface area contributed by atoms with Gasteiger partial charge in [-0.05, 0) is 51.4 Å². The van der Waals surface area contributed by atoms with Crippen molar-refractivity contribution in [2.75, 3.05) is 26.4 Å². The van der Waals surface area contributed by atoms with E-state index < -0.39 is 43.4 Å². The fourth-order valence-electron chi connectivity index (χ4n) is 8.49. The van der Waals surface area contributed by atoms with Crippen LogP contribution in [0.4, 0.5) is 0 Å². The molecule has 386 valence electrons. The van der Waals surface area contributed by atoms with E-state index in [9.17, 15) is 25.2 Å². The highest BCUT2D eigenvalue weighted by Gasteiger charge is 2.44. The highest BCUT2D eigenvalue weighted by Crippen LogP contribution is 2.23. The van der Waals surface area contributed by atoms with E-state index in [1.807, 2.05) is 0 Å². The van der Waals surface area contributed by atoms with Gasteiger partial charge in [0.15, 0.2) is 6.29 Å². The number of aliphatic hydroxyl groups is 4. The number of rotatable bonds is 48. The maximum atomic E-state index is 12.9. The summed E-state index contributed by atoms with van der Waals surface area (Å²) in [7, 11) is 0. The molecule has 9 heteroatoms. The Bertz CT molecular complexity index is 1150. The largest absolute Gasteiger partial charge is 0.457 e. The Kier molecular flexibility index (Phi) is 45.4. The molecule has 0 spiro atoms. The zero-order valence-electron chi connectivity index (χ0n) is 42.7. The van der Waals surface area contributed by atoms with Gasteiger partial charge in [0.05, 0.1) is 19.8 Å². The van der Waals surface area contributed by atoms with Gasteiger partial charge in [0.25, 0.3) is 0 Å². The first-order valence-electron chi connectivity index (χ1n) is 27.7. The lowest BCUT2D eigenvalue weighted by Gasteiger charge is -2.39. The van der Waals surface area contributed by atoms with Gasteiger partial charge >= 0.3 is 5.97 Å². The number of carbonyl (C=O) groups excluding carboxylic acids is 1. The minimum Gasteiger partial charge on any atom is -0.457 e. The van der Waals surface area contributed by atoms with Gasteiger partial charge in [-0.1, -0.05) is 236 Å². The maximum Gasteiger partial charge on any atom is 0.306 e. The van der Waals surface area contributed by atoms with Crippen molar-refractivity contribution >= 4 is 5.97 Å². The van der Waals surface area contributed by atoms with Gasteiger partial charge in [0.2, 0.25) is 0 Å². The van der Waals surface area contributed by atoms with Crippen molar-refractivity contribution < 1.29 is 44.2 Å². The summed E-state index contributed by atoms with van der Waals surface area (Å²) in [6.45, 7) is 4.47. The van der Waals surface area contributed by atoms with Crippen LogP contribution in [0.5, 0.6) is 0 Å². The molecule has 0 aromatic heterocycles. The Morgan fingerprint density at radius 2 is 0.924 bits per heavy atom. The Balaban J connectivity index is 2.16. The normalized spacial score (nSPS) is 19.6. The second kappa shape index (κ2) is 48.2. The molecule has 9 nitrogen and oxygen atoms in total. The molecule has 1 saturated heterocycles. The van der Waals surface area contributed by atoms with Crippen LogP contribution >= 0.6 is 0 Å². The zero-order chi connectivity index (χ0) is 47.8. The lowest BCUT2D eigenvalue weighted by molar-refractivity contribution is -0.305. The van der Waals surface area contributed by atoms with E-state index in [4.69, 9.17) is 18.9 Å². The first-order valence-corrected chi connectivity index (χ1v) is 27.7. The summed E-state index contributed by atoms with van der Waals surface area (Å²) >= 11 is 0. The molecule has 1 aliphatic rings. The lowest BCUT2D eigenvalue weighted by Crippen LogP contribution is -2.59. The summed E-state index contributed by atoms with van der Waals surface area (Å²) in [4.78, 5) is 12.9. The molecule has 0 aromatic rings. The molecule has 0 aromatic carbocycles. The van der Waals surface area contributed by atoms with E-state index in [0.29, 0.717) is 13.0 Å². The Hall–Kier alpha value is -1.85. The van der Waals surface area contributed by atoms with Crippen LogP contribution in [-0.4, -0.2) is 89.6 Å². The molecular weight excluding hydrogens is 829 g/mol. The first-order chi connectivity index (χ1) is 32.4. The van der Waals surface area contributed by atoms with E-state index in [1.165, 1.54) is 154 Å². The van der Waals surface area contributed by atoms with Crippen molar-refractivity contribution in [2.24, 2.45) is 0 Å². The topological polar surface area (TPSA) is 135 Å². The third-order valence-corrected chi connectivity index (χ3v) is 12.8. The summed E-state index contributed by atoms with van der Waals surface area (Å²) in [5.74, 6) is -0.324. The maximum absolute atomic E-state index is 12.9. The lowest BCUT2D eigenvalue weighted by atomic mass is 9.99. The van der Waals surface area contributed by atoms with E-state index in [0.717, 1.165) is 70.6 Å². The standard InChI is InChI=1S/C57H104O9/c1-3-5-7-9-11-13-15-17-19-21-23-24-25-26-27-29-31-33-35-37-39-41-43-45-47-63-49-51(50-64-57-56(62)55(61)54(60)52(48-58)66-57)65-53(59)46-44-42-40-38-36-34-32-30-28-22-20-18-16-14-12-10-8-6-4-2/h6,8,12,14,18,20,28,30,51-52,54-58,60-62H,3-5,7,9-11,13,15-17,19,21-27,29,31-50H2,1-2H3/b8-6-,14-12-,20-18-,30-28-. The summed E-state index contributed by atoms with van der Waals surface area (Å²) in [6.07, 6.45) is 54.4. The molecule has 66 heavy (non-hydrogen) atoms. The number of ether oxygens (including phenoxy) is 4. The predicted molar refractivity (Wildman–Crippen MR) is 275 cm³/mol. The fourth-order valence-corrected chi connectivity index (χ4v) is 8.49. The number of hydrogen-bond acceptors (Lipinski definition) is 9. The molecule has 1 aliphatic heterocycles. The fraction of sp³-hybridized carbons (Fsp3) is 0.842. The molecule has 1 fully saturated rings. The number of unbranched alkanes of at least 4 members (excludes halogenated alkanes) is 29. The minimum absolute atomic E-state index is 0.118. The highest BCUT2D eigenvalue weighted by molar-refractivity contribution is 5.69. The Morgan fingerprint density at radius 1 is 0.500 bits per heavy atom. The molecule has 6 atom stereocenters. The van der Waals surface area contributed by atoms with Gasteiger partial charge < -0.3 is 39.4 Å². The van der Waals surface area contributed by atoms with E-state index in [-0.39, 0.29) is 19.2 Å². The number of esters is 1. The summed E-state index contributed by atoms with van der Waals surface area (Å²) in [6, 6.07) is 0. The number of allylic oxidation sites excluding steroid dienone is 8. The zero-order valence-corrected chi connectivity index (χ0v) is 42.7. The number of carbonyl (C=O) groups is 1. The van der Waals surface area contributed by atoms with Crippen LogP contribution in [0.2, 0.25) is 0 Å². The third kappa shape index (κ3) is 38.1. The number of hydrogen-bond donors (Lipinski definition) is 4. The molecule has 0 amide bonds. The number of aliphatic hydroxyl groups excluding tert-OH is 4. The van der Waals surface area contributed by atoms with E-state index >= 15 is 0 Å². The van der Waals surface area contributed by atoms with Crippen molar-refractivity contribution in [1.82, 2.24) is 0 Å². The Labute approximate surface area is 405 Å². The Morgan fingerprint density at radius 3 is 1.39 bits per heavy atom. The quantitative estimate of drug-likeness (QED) is 0.0267. The second-order valence-electron chi connectivity index (χ2n) is 19.0. The van der Waals surface area contributed by atoms with Crippen LogP contribution in [0.1, 0.15) is 245 Å². The average molecular weight is 933 g/mol. The van der Waals surface area contributed by atoms with Crippen molar-refractivity contribution in [1.29, 1.82) is 0 Å². The molecule has 0 radical (unpaired) electrons. The average Bonchev–Trinajstić information content (AvgIpc) is 3.32. The van der Waals surface area contributed by atoms with Crippen LogP contribution in [0.15, 0.2) is 48.6 Å². The first kappa shape index (κ1) is 62.2. The van der Waals surface area contributed by atoms with Crippen LogP contribution < -0.4 is 0 Å². The summed E-state index contributed by atoms with van der Waals surface area (Å²) < 4.78 is 22.9. The van der Waals surface area contributed by atoms with Crippen LogP contribution in [0, 0.1) is 0 Å². The van der Waals surface area contributed by atoms with Gasteiger partial charge in [0.1, 0.15) is 30.5 Å². The van der Waals surface area contributed by atoms with Gasteiger partial charge in [-0.15, -0.1) is 0 Å². The molecule has 0 bridgehead atoms. The van der Waals surface area contributed by atoms with Gasteiger partial charge in [-0.2, -0.15) is 0 Å². The SMILES string of the molecule is CC/C=C\C/C=C\C/C=C\C/C=C\CCCCCCCCC(=O)OC(COCCCCCCCCCCCCCCCCCCCCCCCCCC)COC1OC(CO)C(O)C(O)C1O. The molecule has 1 heterocycles. The van der Waals surface area contributed by atoms with Crippen LogP contribution in [0.25, 0.3) is 0 Å². The van der Waals surface area contributed by atoms with Crippen LogP contribution in [-0.2, 0) is 23.7 Å². The summed E-state index contributed by atoms with van der Waals surface area (Å²) in [5, 5.41) is 40.3. The van der Waals surface area contributed by atoms with Crippen molar-refractivity contribution in [2.45, 2.75) is 282 Å². The molecular formula is C57H104O9. The third-order valence-electron chi connectivity index (χ3n) is 12.8. The second-order valence-corrected chi connectivity index (χ2v) is 19.0. The van der Waals surface area contributed by atoms with Gasteiger partial charge in [-0.25, -0.2) is 0 Å². The van der Waals surface area contributed by atoms with Crippen molar-refractivity contribution in [3.05, 3.63) is 48.6 Å². The van der Waals surface area contributed by atoms with Gasteiger partial charge in [-0.3, -0.25) is 4.79 Å². The van der Waals surface area contributed by atoms with E-state index in [1.54, 1.807) is 0 Å². The van der Waals surface area contributed by atoms with Gasteiger partial charge in [0, 0.05) is 13.0 Å². The molecule has 0 aliphatic carbocycles.